The van der Waals surface area contributed by atoms with Gasteiger partial charge in [0.15, 0.2) is 0 Å². The van der Waals surface area contributed by atoms with Crippen molar-refractivity contribution in [3.05, 3.63) is 89.2 Å². The van der Waals surface area contributed by atoms with E-state index in [0.717, 1.165) is 17.7 Å². The predicted octanol–water partition coefficient (Wildman–Crippen LogP) is 3.90. The summed E-state index contributed by atoms with van der Waals surface area (Å²) in [6, 6.07) is 11.8. The molecule has 0 saturated carbocycles. The van der Waals surface area contributed by atoms with Gasteiger partial charge >= 0.3 is 6.03 Å². The van der Waals surface area contributed by atoms with Crippen LogP contribution < -0.4 is 26.6 Å². The molecule has 3 aromatic carbocycles. The molecule has 1 atom stereocenters. The van der Waals surface area contributed by atoms with E-state index in [2.05, 4.69) is 10.6 Å². The number of nitrogens with two attached hydrogens (primary N) is 1. The molecule has 0 aliphatic heterocycles. The Kier molecular flexibility index (Phi) is 7.64. The smallest absolute Gasteiger partial charge is 0.319 e. The van der Waals surface area contributed by atoms with E-state index in [1.165, 1.54) is 12.1 Å². The topological polar surface area (TPSA) is 105 Å². The molecule has 0 spiro atoms. The van der Waals surface area contributed by atoms with Gasteiger partial charge in [0, 0.05) is 12.1 Å². The number of anilines is 1. The lowest BCUT2D eigenvalue weighted by molar-refractivity contribution is -0.122. The summed E-state index contributed by atoms with van der Waals surface area (Å²) in [5, 5.41) is 4.89. The molecule has 12 heteroatoms. The number of carbonyl (C=O) groups excluding carboxylic acids is 2. The van der Waals surface area contributed by atoms with Crippen molar-refractivity contribution in [2.75, 3.05) is 5.32 Å². The third-order valence-corrected chi connectivity index (χ3v) is 4.55. The van der Waals surface area contributed by atoms with Gasteiger partial charge < -0.3 is 15.4 Å². The first kappa shape index (κ1) is 24.5. The Labute approximate surface area is 189 Å². The molecule has 3 amide bonds. The van der Waals surface area contributed by atoms with Gasteiger partial charge in [-0.1, -0.05) is 30.3 Å². The molecule has 0 aliphatic rings. The summed E-state index contributed by atoms with van der Waals surface area (Å²) in [5.74, 6) is -8.03. The van der Waals surface area contributed by atoms with Gasteiger partial charge in [0.25, 0.3) is 5.91 Å². The minimum Gasteiger partial charge on any atom is -0.451 e. The average Bonchev–Trinajstić information content (AvgIpc) is 2.85. The number of ether oxygens (including phenoxy) is 1. The lowest BCUT2D eigenvalue weighted by Crippen LogP contribution is -2.51. The number of hydrogen-bond donors (Lipinski definition) is 4. The van der Waals surface area contributed by atoms with Crippen LogP contribution in [0.15, 0.2) is 54.6 Å². The Morgan fingerprint density at radius 1 is 0.824 bits per heavy atom. The van der Waals surface area contributed by atoms with E-state index >= 15 is 0 Å². The van der Waals surface area contributed by atoms with E-state index in [1.54, 1.807) is 30.3 Å². The molecule has 0 bridgehead atoms. The van der Waals surface area contributed by atoms with E-state index in [-0.39, 0.29) is 17.9 Å². The fraction of sp³-hybridized carbons (Fsp3) is 0.0909. The summed E-state index contributed by atoms with van der Waals surface area (Å²) in [6.07, 6.45) is 0.159. The molecule has 0 heterocycles. The maximum absolute atomic E-state index is 13.8. The molecule has 0 saturated heterocycles. The van der Waals surface area contributed by atoms with Crippen LogP contribution in [0.2, 0.25) is 0 Å². The van der Waals surface area contributed by atoms with E-state index in [4.69, 9.17) is 10.6 Å². The standard InChI is InChI=1S/C22H17F5N4O3/c23-15-16(24)18(26)20(19(27)17(15)25)34-13-8-6-12(7-9-13)29-22(33)30-14(21(32)31-28)10-11-4-2-1-3-5-11/h1-9,14H,10,28H2,(H,31,32)(H2,29,30,33)/t14-/m1/s1. The second kappa shape index (κ2) is 10.6. The van der Waals surface area contributed by atoms with Crippen LogP contribution in [-0.2, 0) is 11.2 Å². The van der Waals surface area contributed by atoms with Crippen LogP contribution in [0.3, 0.4) is 0 Å². The molecular weight excluding hydrogens is 463 g/mol. The number of halogens is 5. The third-order valence-electron chi connectivity index (χ3n) is 4.55. The Morgan fingerprint density at radius 3 is 1.94 bits per heavy atom. The summed E-state index contributed by atoms with van der Waals surface area (Å²) in [6.45, 7) is 0. The predicted molar refractivity (Wildman–Crippen MR) is 111 cm³/mol. The zero-order chi connectivity index (χ0) is 24.8. The van der Waals surface area contributed by atoms with Crippen LogP contribution in [0.1, 0.15) is 5.56 Å². The molecule has 3 rings (SSSR count). The number of carbonyl (C=O) groups is 2. The number of nitrogens with one attached hydrogen (secondary N) is 3. The SMILES string of the molecule is NNC(=O)[C@@H](Cc1ccccc1)NC(=O)Nc1ccc(Oc2c(F)c(F)c(F)c(F)c2F)cc1. The molecule has 5 N–H and O–H groups in total. The highest BCUT2D eigenvalue weighted by Crippen LogP contribution is 2.33. The van der Waals surface area contributed by atoms with Crippen molar-refractivity contribution < 1.29 is 36.3 Å². The third kappa shape index (κ3) is 5.59. The van der Waals surface area contributed by atoms with Gasteiger partial charge in [-0.15, -0.1) is 0 Å². The second-order valence-corrected chi connectivity index (χ2v) is 6.87. The lowest BCUT2D eigenvalue weighted by Gasteiger charge is -2.18. The van der Waals surface area contributed by atoms with Crippen LogP contribution in [0.25, 0.3) is 0 Å². The molecule has 3 aromatic rings. The van der Waals surface area contributed by atoms with Crippen molar-refractivity contribution in [2.45, 2.75) is 12.5 Å². The van der Waals surface area contributed by atoms with E-state index in [9.17, 15) is 31.5 Å². The fourth-order valence-corrected chi connectivity index (χ4v) is 2.88. The van der Waals surface area contributed by atoms with Crippen LogP contribution >= 0.6 is 0 Å². The molecule has 34 heavy (non-hydrogen) atoms. The zero-order valence-electron chi connectivity index (χ0n) is 17.2. The Bertz CT molecular complexity index is 1160. The van der Waals surface area contributed by atoms with Gasteiger partial charge in [-0.25, -0.2) is 23.8 Å². The minimum absolute atomic E-state index is 0.159. The number of hydrogen-bond acceptors (Lipinski definition) is 4. The number of amides is 3. The quantitative estimate of drug-likeness (QED) is 0.103. The first-order valence-corrected chi connectivity index (χ1v) is 9.62. The van der Waals surface area contributed by atoms with Gasteiger partial charge in [-0.2, -0.15) is 8.78 Å². The molecular formula is C22H17F5N4O3. The molecule has 0 aliphatic carbocycles. The van der Waals surface area contributed by atoms with Crippen LogP contribution in [0.4, 0.5) is 32.4 Å². The fourth-order valence-electron chi connectivity index (χ4n) is 2.88. The van der Waals surface area contributed by atoms with Gasteiger partial charge in [0.05, 0.1) is 0 Å². The van der Waals surface area contributed by atoms with Crippen LogP contribution in [0, 0.1) is 29.1 Å². The summed E-state index contributed by atoms with van der Waals surface area (Å²) in [7, 11) is 0. The maximum atomic E-state index is 13.8. The van der Waals surface area contributed by atoms with Crippen LogP contribution in [-0.4, -0.2) is 18.0 Å². The largest absolute Gasteiger partial charge is 0.451 e. The van der Waals surface area contributed by atoms with Gasteiger partial charge in [0.2, 0.25) is 34.8 Å². The zero-order valence-corrected chi connectivity index (χ0v) is 17.2. The van der Waals surface area contributed by atoms with Crippen LogP contribution in [0.5, 0.6) is 11.5 Å². The minimum atomic E-state index is -2.30. The monoisotopic (exact) mass is 480 g/mol. The number of benzene rings is 3. The number of urea groups is 1. The van der Waals surface area contributed by atoms with Crippen molar-refractivity contribution in [3.8, 4) is 11.5 Å². The van der Waals surface area contributed by atoms with E-state index in [1.807, 2.05) is 5.43 Å². The highest BCUT2D eigenvalue weighted by Gasteiger charge is 2.27. The molecule has 0 radical (unpaired) electrons. The van der Waals surface area contributed by atoms with Gasteiger partial charge in [-0.3, -0.25) is 10.2 Å². The number of hydrazine groups is 1. The van der Waals surface area contributed by atoms with Gasteiger partial charge in [0.1, 0.15) is 11.8 Å². The first-order valence-electron chi connectivity index (χ1n) is 9.62. The molecule has 178 valence electrons. The maximum Gasteiger partial charge on any atom is 0.319 e. The van der Waals surface area contributed by atoms with Crippen molar-refractivity contribution in [1.29, 1.82) is 0 Å². The van der Waals surface area contributed by atoms with Crippen molar-refractivity contribution in [2.24, 2.45) is 5.84 Å². The average molecular weight is 480 g/mol. The summed E-state index contributed by atoms with van der Waals surface area (Å²) < 4.78 is 72.1. The second-order valence-electron chi connectivity index (χ2n) is 6.87. The Morgan fingerprint density at radius 2 is 1.38 bits per heavy atom. The normalized spacial score (nSPS) is 11.5. The molecule has 0 unspecified atom stereocenters. The molecule has 0 aromatic heterocycles. The Balaban J connectivity index is 1.67. The number of rotatable bonds is 7. The molecule has 0 fully saturated rings. The van der Waals surface area contributed by atoms with E-state index in [0.29, 0.717) is 0 Å². The first-order chi connectivity index (χ1) is 16.2. The Hall–Kier alpha value is -4.19. The van der Waals surface area contributed by atoms with Gasteiger partial charge in [-0.05, 0) is 29.8 Å². The lowest BCUT2D eigenvalue weighted by atomic mass is 10.1. The van der Waals surface area contributed by atoms with Crippen molar-refractivity contribution in [3.63, 3.8) is 0 Å². The van der Waals surface area contributed by atoms with E-state index < -0.39 is 52.8 Å². The summed E-state index contributed by atoms with van der Waals surface area (Å²) in [4.78, 5) is 24.3. The van der Waals surface area contributed by atoms with Crippen molar-refractivity contribution >= 4 is 17.6 Å². The van der Waals surface area contributed by atoms with Crippen molar-refractivity contribution in [1.82, 2.24) is 10.7 Å². The molecule has 7 nitrogen and oxygen atoms in total. The summed E-state index contributed by atoms with van der Waals surface area (Å²) in [5.41, 5.74) is 2.91. The highest BCUT2D eigenvalue weighted by molar-refractivity contribution is 5.93. The summed E-state index contributed by atoms with van der Waals surface area (Å²) >= 11 is 0. The highest BCUT2D eigenvalue weighted by atomic mass is 19.2.